The van der Waals surface area contributed by atoms with Crippen LogP contribution in [0.25, 0.3) is 10.8 Å². The Morgan fingerprint density at radius 2 is 2.00 bits per heavy atom. The predicted octanol–water partition coefficient (Wildman–Crippen LogP) is 1.10. The lowest BCUT2D eigenvalue weighted by atomic mass is 10.1. The second-order valence-corrected chi connectivity index (χ2v) is 10.2. The monoisotopic (exact) mass is 553 g/mol. The Bertz CT molecular complexity index is 1490. The number of fused-ring (bicyclic) bond motifs is 1. The van der Waals surface area contributed by atoms with Gasteiger partial charge >= 0.3 is 19.4 Å². The highest BCUT2D eigenvalue weighted by Gasteiger charge is 2.45. The molecule has 1 fully saturated rings. The molecule has 1 aromatic heterocycles. The van der Waals surface area contributed by atoms with Crippen molar-refractivity contribution >= 4 is 24.5 Å². The van der Waals surface area contributed by atoms with Crippen molar-refractivity contribution in [2.45, 2.75) is 43.9 Å². The van der Waals surface area contributed by atoms with Crippen molar-refractivity contribution in [3.63, 3.8) is 0 Å². The van der Waals surface area contributed by atoms with Crippen molar-refractivity contribution in [1.82, 2.24) is 14.6 Å². The molecule has 38 heavy (non-hydrogen) atoms. The zero-order chi connectivity index (χ0) is 27.6. The average Bonchev–Trinajstić information content (AvgIpc) is 3.26. The highest BCUT2D eigenvalue weighted by atomic mass is 31.2. The largest absolute Gasteiger partial charge is 0.480 e. The summed E-state index contributed by atoms with van der Waals surface area (Å²) in [4.78, 5) is 36.7. The molecule has 0 unspecified atom stereocenters. The molecule has 1 aliphatic rings. The number of nitrogens with one attached hydrogen (secondary N) is 2. The van der Waals surface area contributed by atoms with E-state index in [4.69, 9.17) is 13.8 Å². The number of aliphatic hydroxyl groups is 2. The zero-order valence-electron chi connectivity index (χ0n) is 19.9. The highest BCUT2D eigenvalue weighted by Crippen LogP contribution is 2.49. The number of rotatable bonds is 10. The molecule has 13 nitrogen and oxygen atoms in total. The first-order valence-corrected chi connectivity index (χ1v) is 13.0. The van der Waals surface area contributed by atoms with E-state index in [1.54, 1.807) is 41.4 Å². The van der Waals surface area contributed by atoms with Crippen molar-refractivity contribution in [1.29, 1.82) is 0 Å². The van der Waals surface area contributed by atoms with Crippen LogP contribution in [0.4, 0.5) is 4.39 Å². The Morgan fingerprint density at radius 3 is 2.71 bits per heavy atom. The van der Waals surface area contributed by atoms with Crippen LogP contribution in [0.1, 0.15) is 19.6 Å². The number of aliphatic carboxylic acids is 1. The minimum atomic E-state index is -4.58. The van der Waals surface area contributed by atoms with Crippen LogP contribution < -0.4 is 20.9 Å². The van der Waals surface area contributed by atoms with Gasteiger partial charge in [0.25, 0.3) is 5.56 Å². The van der Waals surface area contributed by atoms with Gasteiger partial charge in [0, 0.05) is 11.8 Å². The number of carboxylic acids is 1. The summed E-state index contributed by atoms with van der Waals surface area (Å²) in [6.07, 6.45) is -5.28. The fourth-order valence-corrected chi connectivity index (χ4v) is 5.71. The summed E-state index contributed by atoms with van der Waals surface area (Å²) in [6, 6.07) is 10.5. The van der Waals surface area contributed by atoms with Crippen LogP contribution in [0.2, 0.25) is 0 Å². The molecule has 4 rings (SSSR count). The molecule has 0 spiro atoms. The van der Waals surface area contributed by atoms with Crippen LogP contribution in [-0.2, 0) is 18.6 Å². The smallest absolute Gasteiger partial charge is 0.459 e. The molecule has 3 aromatic rings. The normalized spacial score (nSPS) is 22.6. The number of aliphatic hydroxyl groups excluding tert-OH is 2. The number of hydrogen-bond acceptors (Lipinski definition) is 9. The third-order valence-electron chi connectivity index (χ3n) is 5.88. The highest BCUT2D eigenvalue weighted by molar-refractivity contribution is 7.52. The standard InChI is InChI=1S/C23H25FN3O10P/c1-12(22(31)32)26-38(34,36-17-8-4-6-13-5-2-3-7-14(13)17)37-18(11-28)20-16(29)9-19(35-20)27-10-15(24)21(30)25-23(27)33/h2-8,10,12,16,18-20,28-29H,9,11H2,1H3,(H,26,34)(H,31,32)(H,25,30,33)/t12-,16-,18+,19+,20-,38+/m0/s1. The van der Waals surface area contributed by atoms with Gasteiger partial charge in [-0.1, -0.05) is 36.4 Å². The number of aromatic nitrogens is 2. The van der Waals surface area contributed by atoms with E-state index in [0.29, 0.717) is 16.2 Å². The van der Waals surface area contributed by atoms with Crippen molar-refractivity contribution in [2.24, 2.45) is 0 Å². The number of H-pyrrole nitrogens is 1. The maximum absolute atomic E-state index is 13.8. The Kier molecular flexibility index (Phi) is 8.11. The maximum atomic E-state index is 13.8. The van der Waals surface area contributed by atoms with Gasteiger partial charge in [-0.15, -0.1) is 0 Å². The Hall–Kier alpha value is -3.39. The lowest BCUT2D eigenvalue weighted by Gasteiger charge is -2.29. The van der Waals surface area contributed by atoms with Crippen LogP contribution in [0.5, 0.6) is 5.75 Å². The van der Waals surface area contributed by atoms with E-state index in [1.165, 1.54) is 13.0 Å². The van der Waals surface area contributed by atoms with Gasteiger partial charge in [-0.2, -0.15) is 9.48 Å². The predicted molar refractivity (Wildman–Crippen MR) is 130 cm³/mol. The Balaban J connectivity index is 1.63. The van der Waals surface area contributed by atoms with Crippen LogP contribution in [-0.4, -0.2) is 61.8 Å². The number of ether oxygens (including phenoxy) is 1. The maximum Gasteiger partial charge on any atom is 0.459 e. The second kappa shape index (κ2) is 11.2. The van der Waals surface area contributed by atoms with E-state index in [9.17, 15) is 38.7 Å². The van der Waals surface area contributed by atoms with E-state index in [-0.39, 0.29) is 12.2 Å². The minimum absolute atomic E-state index is 0.0919. The van der Waals surface area contributed by atoms with Gasteiger partial charge in [-0.05, 0) is 18.4 Å². The average molecular weight is 553 g/mol. The van der Waals surface area contributed by atoms with Gasteiger partial charge in [0.05, 0.1) is 18.9 Å². The molecule has 0 saturated carbocycles. The lowest BCUT2D eigenvalue weighted by Crippen LogP contribution is -2.42. The van der Waals surface area contributed by atoms with Gasteiger partial charge in [0.15, 0.2) is 0 Å². The fourth-order valence-electron chi connectivity index (χ4n) is 4.01. The molecule has 2 heterocycles. The summed E-state index contributed by atoms with van der Waals surface area (Å²) < 4.78 is 45.2. The number of aromatic amines is 1. The molecule has 2 aromatic carbocycles. The summed E-state index contributed by atoms with van der Waals surface area (Å²) >= 11 is 0. The van der Waals surface area contributed by atoms with Crippen molar-refractivity contribution in [3.05, 3.63) is 75.3 Å². The van der Waals surface area contributed by atoms with Crippen molar-refractivity contribution in [2.75, 3.05) is 6.61 Å². The first kappa shape index (κ1) is 27.6. The molecule has 0 bridgehead atoms. The van der Waals surface area contributed by atoms with Crippen molar-refractivity contribution in [3.8, 4) is 5.75 Å². The van der Waals surface area contributed by atoms with E-state index >= 15 is 0 Å². The second-order valence-electron chi connectivity index (χ2n) is 8.58. The third-order valence-corrected chi connectivity index (χ3v) is 7.57. The molecule has 15 heteroatoms. The molecule has 1 saturated heterocycles. The summed E-state index contributed by atoms with van der Waals surface area (Å²) in [5.74, 6) is -2.54. The van der Waals surface area contributed by atoms with Crippen LogP contribution in [0.3, 0.4) is 0 Å². The first-order valence-electron chi connectivity index (χ1n) is 11.4. The molecular formula is C23H25FN3O10P. The molecule has 0 amide bonds. The van der Waals surface area contributed by atoms with E-state index in [0.717, 1.165) is 5.39 Å². The Morgan fingerprint density at radius 1 is 1.29 bits per heavy atom. The summed E-state index contributed by atoms with van der Waals surface area (Å²) in [5, 5.41) is 33.6. The molecule has 1 aliphatic heterocycles. The Labute approximate surface area is 214 Å². The molecular weight excluding hydrogens is 528 g/mol. The van der Waals surface area contributed by atoms with Gasteiger partial charge in [-0.3, -0.25) is 23.7 Å². The number of carbonyl (C=O) groups is 1. The van der Waals surface area contributed by atoms with Crippen LogP contribution in [0.15, 0.2) is 58.3 Å². The fraction of sp³-hybridized carbons (Fsp3) is 0.348. The first-order chi connectivity index (χ1) is 18.0. The number of nitrogens with zero attached hydrogens (tertiary/aromatic N) is 1. The molecule has 5 N–H and O–H groups in total. The number of benzene rings is 2. The summed E-state index contributed by atoms with van der Waals surface area (Å²) in [6.45, 7) is 0.336. The topological polar surface area (TPSA) is 189 Å². The van der Waals surface area contributed by atoms with Crippen LogP contribution in [0, 0.1) is 5.82 Å². The molecule has 0 radical (unpaired) electrons. The minimum Gasteiger partial charge on any atom is -0.480 e. The quantitative estimate of drug-likeness (QED) is 0.226. The van der Waals surface area contributed by atoms with Gasteiger partial charge in [0.1, 0.15) is 30.2 Å². The van der Waals surface area contributed by atoms with Gasteiger partial charge in [0.2, 0.25) is 5.82 Å². The summed E-state index contributed by atoms with van der Waals surface area (Å²) in [5.41, 5.74) is -2.24. The van der Waals surface area contributed by atoms with E-state index in [2.05, 4.69) is 5.09 Å². The molecule has 204 valence electrons. The number of hydrogen-bond donors (Lipinski definition) is 5. The number of carboxylic acid groups (broad SMARTS) is 1. The zero-order valence-corrected chi connectivity index (χ0v) is 20.8. The van der Waals surface area contributed by atoms with Crippen LogP contribution >= 0.6 is 7.75 Å². The van der Waals surface area contributed by atoms with E-state index < -0.39 is 68.0 Å². The van der Waals surface area contributed by atoms with Gasteiger partial charge < -0.3 is 24.6 Å². The lowest BCUT2D eigenvalue weighted by molar-refractivity contribution is -0.138. The van der Waals surface area contributed by atoms with Crippen molar-refractivity contribution < 1.29 is 42.9 Å². The SMILES string of the molecule is C[C@H](N[P@@](=O)(Oc1cccc2ccccc12)O[C@H](CO)[C@H]1O[C@@H](n2cc(F)c(=O)[nH]c2=O)C[C@@H]1O)C(=O)O. The van der Waals surface area contributed by atoms with Gasteiger partial charge in [-0.25, -0.2) is 9.36 Å². The number of halogens is 1. The summed E-state index contributed by atoms with van der Waals surface area (Å²) in [7, 11) is -4.58. The van der Waals surface area contributed by atoms with E-state index in [1.807, 2.05) is 0 Å². The molecule has 0 aliphatic carbocycles. The third kappa shape index (κ3) is 5.85. The molecule has 6 atom stereocenters.